The summed E-state index contributed by atoms with van der Waals surface area (Å²) in [5.74, 6) is 1.47. The van der Waals surface area contributed by atoms with Gasteiger partial charge in [0.1, 0.15) is 10.7 Å². The van der Waals surface area contributed by atoms with E-state index in [0.29, 0.717) is 11.0 Å². The van der Waals surface area contributed by atoms with Crippen LogP contribution in [0.15, 0.2) is 21.5 Å². The molecule has 0 aromatic heterocycles. The molecule has 1 N–H and O–H groups in total. The molecule has 0 aliphatic carbocycles. The largest absolute Gasteiger partial charge is 0.313 e. The van der Waals surface area contributed by atoms with Crippen LogP contribution in [0.1, 0.15) is 12.5 Å². The second-order valence-corrected chi connectivity index (χ2v) is 7.05. The van der Waals surface area contributed by atoms with Crippen LogP contribution in [0.3, 0.4) is 0 Å². The highest BCUT2D eigenvalue weighted by molar-refractivity contribution is 9.10. The molecule has 0 fully saturated rings. The SMILES string of the molecule is C#CCN(C)S(=O)(=O)c1cc(Br)cc(CNCC)c1F. The average molecular weight is 363 g/mol. The fourth-order valence-corrected chi connectivity index (χ4v) is 3.45. The summed E-state index contributed by atoms with van der Waals surface area (Å²) < 4.78 is 40.3. The van der Waals surface area contributed by atoms with Gasteiger partial charge in [0.15, 0.2) is 0 Å². The van der Waals surface area contributed by atoms with Gasteiger partial charge in [0.25, 0.3) is 0 Å². The molecule has 1 aromatic carbocycles. The molecule has 1 aromatic rings. The van der Waals surface area contributed by atoms with Crippen molar-refractivity contribution in [2.45, 2.75) is 18.4 Å². The molecule has 0 unspecified atom stereocenters. The minimum absolute atomic E-state index is 0.114. The molecule has 0 spiro atoms. The molecule has 0 saturated carbocycles. The summed E-state index contributed by atoms with van der Waals surface area (Å²) in [6.07, 6.45) is 5.10. The molecule has 0 saturated heterocycles. The molecule has 0 heterocycles. The number of sulfonamides is 1. The highest BCUT2D eigenvalue weighted by Crippen LogP contribution is 2.26. The van der Waals surface area contributed by atoms with Crippen molar-refractivity contribution in [2.75, 3.05) is 20.1 Å². The van der Waals surface area contributed by atoms with Crippen molar-refractivity contribution in [3.05, 3.63) is 28.0 Å². The van der Waals surface area contributed by atoms with Crippen molar-refractivity contribution in [3.8, 4) is 12.3 Å². The maximum absolute atomic E-state index is 14.4. The van der Waals surface area contributed by atoms with Crippen LogP contribution in [0.2, 0.25) is 0 Å². The van der Waals surface area contributed by atoms with Gasteiger partial charge in [-0.3, -0.25) is 0 Å². The summed E-state index contributed by atoms with van der Waals surface area (Å²) in [5, 5.41) is 2.96. The molecule has 0 aliphatic rings. The summed E-state index contributed by atoms with van der Waals surface area (Å²) in [6.45, 7) is 2.68. The molecule has 0 amide bonds. The van der Waals surface area contributed by atoms with E-state index in [4.69, 9.17) is 6.42 Å². The first-order valence-electron chi connectivity index (χ1n) is 5.93. The number of rotatable bonds is 6. The third-order valence-corrected chi connectivity index (χ3v) is 4.91. The van der Waals surface area contributed by atoms with E-state index < -0.39 is 15.8 Å². The Bertz CT molecular complexity index is 626. The monoisotopic (exact) mass is 362 g/mol. The zero-order chi connectivity index (χ0) is 15.3. The van der Waals surface area contributed by atoms with Gasteiger partial charge in [-0.15, -0.1) is 6.42 Å². The average Bonchev–Trinajstić information content (AvgIpc) is 2.39. The summed E-state index contributed by atoms with van der Waals surface area (Å²) in [6, 6.07) is 2.80. The molecule has 110 valence electrons. The summed E-state index contributed by atoms with van der Waals surface area (Å²) in [7, 11) is -2.62. The maximum Gasteiger partial charge on any atom is 0.246 e. The standard InChI is InChI=1S/C13H16BrFN2O2S/c1-4-6-17(3)20(18,19)12-8-11(14)7-10(13(12)15)9-16-5-2/h1,7-8,16H,5-6,9H2,2-3H3. The molecule has 0 atom stereocenters. The van der Waals surface area contributed by atoms with Crippen molar-refractivity contribution in [1.82, 2.24) is 9.62 Å². The first-order valence-corrected chi connectivity index (χ1v) is 8.16. The lowest BCUT2D eigenvalue weighted by atomic mass is 10.2. The third-order valence-electron chi connectivity index (χ3n) is 2.65. The molecular weight excluding hydrogens is 347 g/mol. The van der Waals surface area contributed by atoms with Gasteiger partial charge >= 0.3 is 0 Å². The minimum Gasteiger partial charge on any atom is -0.313 e. The summed E-state index contributed by atoms with van der Waals surface area (Å²) >= 11 is 3.20. The zero-order valence-corrected chi connectivity index (χ0v) is 13.7. The van der Waals surface area contributed by atoms with Crippen LogP contribution in [0.5, 0.6) is 0 Å². The minimum atomic E-state index is -3.94. The van der Waals surface area contributed by atoms with Crippen molar-refractivity contribution < 1.29 is 12.8 Å². The Morgan fingerprint density at radius 1 is 1.50 bits per heavy atom. The Kier molecular flexibility index (Phi) is 6.14. The topological polar surface area (TPSA) is 49.4 Å². The fourth-order valence-electron chi connectivity index (χ4n) is 1.58. The highest BCUT2D eigenvalue weighted by Gasteiger charge is 2.26. The van der Waals surface area contributed by atoms with Crippen LogP contribution in [0, 0.1) is 18.2 Å². The quantitative estimate of drug-likeness (QED) is 0.786. The normalized spacial score (nSPS) is 11.6. The van der Waals surface area contributed by atoms with Gasteiger partial charge < -0.3 is 5.32 Å². The van der Waals surface area contributed by atoms with E-state index in [-0.39, 0.29) is 23.5 Å². The number of benzene rings is 1. The fraction of sp³-hybridized carbons (Fsp3) is 0.385. The number of hydrogen-bond acceptors (Lipinski definition) is 3. The molecular formula is C13H16BrFN2O2S. The Hall–Kier alpha value is -0.940. The van der Waals surface area contributed by atoms with E-state index in [1.165, 1.54) is 13.1 Å². The number of hydrogen-bond donors (Lipinski definition) is 1. The molecule has 7 heteroatoms. The lowest BCUT2D eigenvalue weighted by molar-refractivity contribution is 0.489. The number of halogens is 2. The number of nitrogens with one attached hydrogen (secondary N) is 1. The van der Waals surface area contributed by atoms with E-state index in [1.54, 1.807) is 6.07 Å². The first-order chi connectivity index (χ1) is 9.34. The van der Waals surface area contributed by atoms with E-state index in [0.717, 1.165) is 4.31 Å². The van der Waals surface area contributed by atoms with Gasteiger partial charge in [-0.1, -0.05) is 28.8 Å². The molecule has 1 rings (SSSR count). The van der Waals surface area contributed by atoms with E-state index in [9.17, 15) is 12.8 Å². The van der Waals surface area contributed by atoms with Gasteiger partial charge in [0.05, 0.1) is 6.54 Å². The molecule has 20 heavy (non-hydrogen) atoms. The second kappa shape index (κ2) is 7.18. The maximum atomic E-state index is 14.4. The molecule has 4 nitrogen and oxygen atoms in total. The van der Waals surface area contributed by atoms with Crippen molar-refractivity contribution in [1.29, 1.82) is 0 Å². The van der Waals surface area contributed by atoms with Crippen LogP contribution in [-0.2, 0) is 16.6 Å². The predicted octanol–water partition coefficient (Wildman–Crippen LogP) is 1.95. The molecule has 0 aliphatic heterocycles. The van der Waals surface area contributed by atoms with Crippen LogP contribution in [-0.4, -0.2) is 32.9 Å². The second-order valence-electron chi connectivity index (χ2n) is 4.12. The van der Waals surface area contributed by atoms with Crippen molar-refractivity contribution >= 4 is 26.0 Å². The zero-order valence-electron chi connectivity index (χ0n) is 11.3. The van der Waals surface area contributed by atoms with Gasteiger partial charge in [0, 0.05) is 23.6 Å². The van der Waals surface area contributed by atoms with Gasteiger partial charge in [-0.05, 0) is 18.7 Å². The van der Waals surface area contributed by atoms with Crippen LogP contribution in [0.4, 0.5) is 4.39 Å². The Morgan fingerprint density at radius 2 is 2.15 bits per heavy atom. The van der Waals surface area contributed by atoms with Crippen LogP contribution in [0.25, 0.3) is 0 Å². The third kappa shape index (κ3) is 3.79. The van der Waals surface area contributed by atoms with E-state index >= 15 is 0 Å². The van der Waals surface area contributed by atoms with E-state index in [2.05, 4.69) is 27.2 Å². The Morgan fingerprint density at radius 3 is 2.70 bits per heavy atom. The Balaban J connectivity index is 3.31. The molecule has 0 bridgehead atoms. The van der Waals surface area contributed by atoms with Gasteiger partial charge in [-0.2, -0.15) is 4.31 Å². The lowest BCUT2D eigenvalue weighted by Gasteiger charge is -2.16. The number of nitrogens with zero attached hydrogens (tertiary/aromatic N) is 1. The van der Waals surface area contributed by atoms with Gasteiger partial charge in [-0.25, -0.2) is 12.8 Å². The van der Waals surface area contributed by atoms with Crippen LogP contribution < -0.4 is 5.32 Å². The smallest absolute Gasteiger partial charge is 0.246 e. The highest BCUT2D eigenvalue weighted by atomic mass is 79.9. The molecule has 0 radical (unpaired) electrons. The number of terminal acetylenes is 1. The van der Waals surface area contributed by atoms with Crippen LogP contribution >= 0.6 is 15.9 Å². The summed E-state index contributed by atoms with van der Waals surface area (Å²) in [5.41, 5.74) is 0.286. The van der Waals surface area contributed by atoms with Gasteiger partial charge in [0.2, 0.25) is 10.0 Å². The predicted molar refractivity (Wildman–Crippen MR) is 80.1 cm³/mol. The Labute approximate surface area is 127 Å². The first kappa shape index (κ1) is 17.1. The lowest BCUT2D eigenvalue weighted by Crippen LogP contribution is -2.28. The van der Waals surface area contributed by atoms with Crippen molar-refractivity contribution in [2.24, 2.45) is 0 Å². The summed E-state index contributed by atoms with van der Waals surface area (Å²) in [4.78, 5) is -0.377. The van der Waals surface area contributed by atoms with Crippen molar-refractivity contribution in [3.63, 3.8) is 0 Å². The van der Waals surface area contributed by atoms with E-state index in [1.807, 2.05) is 6.92 Å².